The number of aryl methyl sites for hydroxylation is 1. The SMILES string of the molecule is Cc1ccc(-c2ccc(-c3ccc(C4(C)OC(=O)c5ccccc54)cc3)cc2)cc1. The lowest BCUT2D eigenvalue weighted by Gasteiger charge is -2.25. The van der Waals surface area contributed by atoms with E-state index in [2.05, 4.69) is 79.7 Å². The number of carbonyl (C=O) groups excluding carboxylic acids is 1. The summed E-state index contributed by atoms with van der Waals surface area (Å²) in [5, 5.41) is 0. The van der Waals surface area contributed by atoms with E-state index in [1.807, 2.05) is 31.2 Å². The maximum atomic E-state index is 12.3. The van der Waals surface area contributed by atoms with Gasteiger partial charge in [-0.2, -0.15) is 0 Å². The number of rotatable bonds is 3. The Morgan fingerprint density at radius 1 is 0.633 bits per heavy atom. The van der Waals surface area contributed by atoms with E-state index in [9.17, 15) is 4.79 Å². The predicted molar refractivity (Wildman–Crippen MR) is 120 cm³/mol. The van der Waals surface area contributed by atoms with Crippen molar-refractivity contribution < 1.29 is 9.53 Å². The van der Waals surface area contributed by atoms with Crippen LogP contribution in [-0.4, -0.2) is 5.97 Å². The third kappa shape index (κ3) is 3.02. The highest BCUT2D eigenvalue weighted by molar-refractivity contribution is 5.95. The summed E-state index contributed by atoms with van der Waals surface area (Å²) < 4.78 is 5.79. The number of esters is 1. The average molecular weight is 390 g/mol. The van der Waals surface area contributed by atoms with Crippen molar-refractivity contribution >= 4 is 5.97 Å². The molecule has 30 heavy (non-hydrogen) atoms. The summed E-state index contributed by atoms with van der Waals surface area (Å²) in [5.74, 6) is -0.260. The van der Waals surface area contributed by atoms with Crippen LogP contribution in [0.3, 0.4) is 0 Å². The van der Waals surface area contributed by atoms with Gasteiger partial charge in [0.15, 0.2) is 5.60 Å². The van der Waals surface area contributed by atoms with Crippen LogP contribution in [0.15, 0.2) is 97.1 Å². The smallest absolute Gasteiger partial charge is 0.339 e. The molecule has 1 aliphatic heterocycles. The molecule has 0 saturated heterocycles. The van der Waals surface area contributed by atoms with Crippen molar-refractivity contribution in [3.05, 3.63) is 119 Å². The van der Waals surface area contributed by atoms with Crippen molar-refractivity contribution in [3.8, 4) is 22.3 Å². The lowest BCUT2D eigenvalue weighted by Crippen LogP contribution is -2.23. The zero-order valence-electron chi connectivity index (χ0n) is 17.1. The number of cyclic esters (lactones) is 1. The van der Waals surface area contributed by atoms with Gasteiger partial charge in [-0.25, -0.2) is 4.79 Å². The molecule has 5 rings (SSSR count). The van der Waals surface area contributed by atoms with Crippen LogP contribution >= 0.6 is 0 Å². The summed E-state index contributed by atoms with van der Waals surface area (Å²) in [6, 6.07) is 33.1. The molecule has 0 radical (unpaired) electrons. The van der Waals surface area contributed by atoms with Gasteiger partial charge in [-0.1, -0.05) is 96.6 Å². The standard InChI is InChI=1S/C28H22O2/c1-19-7-9-20(10-8-19)21-11-13-22(14-12-21)23-15-17-24(18-16-23)28(2)26-6-4-3-5-25(26)27(29)30-28/h3-18H,1-2H3. The van der Waals surface area contributed by atoms with Crippen molar-refractivity contribution in [2.24, 2.45) is 0 Å². The molecule has 146 valence electrons. The van der Waals surface area contributed by atoms with Crippen molar-refractivity contribution in [2.75, 3.05) is 0 Å². The minimum atomic E-state index is -0.749. The zero-order chi connectivity index (χ0) is 20.7. The van der Waals surface area contributed by atoms with Crippen LogP contribution in [0.1, 0.15) is 34.0 Å². The Balaban J connectivity index is 1.43. The van der Waals surface area contributed by atoms with Crippen LogP contribution in [0.25, 0.3) is 22.3 Å². The zero-order valence-corrected chi connectivity index (χ0v) is 17.1. The lowest BCUT2D eigenvalue weighted by atomic mass is 9.86. The normalized spacial score (nSPS) is 17.5. The molecule has 0 saturated carbocycles. The molecule has 0 aromatic heterocycles. The Hall–Kier alpha value is -3.65. The second-order valence-corrected chi connectivity index (χ2v) is 7.99. The molecule has 0 spiro atoms. The van der Waals surface area contributed by atoms with E-state index in [-0.39, 0.29) is 5.97 Å². The van der Waals surface area contributed by atoms with Gasteiger partial charge in [0.2, 0.25) is 0 Å². The fourth-order valence-electron chi connectivity index (χ4n) is 4.17. The van der Waals surface area contributed by atoms with Crippen LogP contribution in [0, 0.1) is 6.92 Å². The highest BCUT2D eigenvalue weighted by Crippen LogP contribution is 2.41. The van der Waals surface area contributed by atoms with Gasteiger partial charge < -0.3 is 4.74 Å². The minimum absolute atomic E-state index is 0.260. The molecule has 1 unspecified atom stereocenters. The van der Waals surface area contributed by atoms with Crippen LogP contribution in [0.5, 0.6) is 0 Å². The fraction of sp³-hybridized carbons (Fsp3) is 0.107. The number of hydrogen-bond acceptors (Lipinski definition) is 2. The Kier molecular flexibility index (Phi) is 4.29. The minimum Gasteiger partial charge on any atom is -0.446 e. The molecule has 2 heteroatoms. The van der Waals surface area contributed by atoms with Crippen molar-refractivity contribution in [3.63, 3.8) is 0 Å². The van der Waals surface area contributed by atoms with Gasteiger partial charge in [0.05, 0.1) is 5.56 Å². The Bertz CT molecular complexity index is 1220. The molecule has 1 heterocycles. The maximum absolute atomic E-state index is 12.3. The molecule has 0 amide bonds. The van der Waals surface area contributed by atoms with E-state index < -0.39 is 5.60 Å². The van der Waals surface area contributed by atoms with Crippen LogP contribution in [0.4, 0.5) is 0 Å². The van der Waals surface area contributed by atoms with E-state index in [1.54, 1.807) is 0 Å². The van der Waals surface area contributed by atoms with Crippen LogP contribution < -0.4 is 0 Å². The number of carbonyl (C=O) groups is 1. The average Bonchev–Trinajstić information content (AvgIpc) is 3.06. The van der Waals surface area contributed by atoms with Gasteiger partial charge in [-0.15, -0.1) is 0 Å². The van der Waals surface area contributed by atoms with Gasteiger partial charge in [0, 0.05) is 5.56 Å². The summed E-state index contributed by atoms with van der Waals surface area (Å²) in [4.78, 5) is 12.3. The van der Waals surface area contributed by atoms with Crippen molar-refractivity contribution in [2.45, 2.75) is 19.4 Å². The van der Waals surface area contributed by atoms with Gasteiger partial charge in [0.1, 0.15) is 0 Å². The van der Waals surface area contributed by atoms with E-state index in [0.717, 1.165) is 22.3 Å². The van der Waals surface area contributed by atoms with Crippen LogP contribution in [-0.2, 0) is 10.3 Å². The first kappa shape index (κ1) is 18.4. The molecule has 0 N–H and O–H groups in total. The van der Waals surface area contributed by atoms with E-state index in [1.165, 1.54) is 16.7 Å². The molecule has 0 bridgehead atoms. The quantitative estimate of drug-likeness (QED) is 0.361. The molecular weight excluding hydrogens is 368 g/mol. The first-order chi connectivity index (χ1) is 14.5. The molecule has 1 aliphatic rings. The predicted octanol–water partition coefficient (Wildman–Crippen LogP) is 6.76. The van der Waals surface area contributed by atoms with Crippen molar-refractivity contribution in [1.29, 1.82) is 0 Å². The lowest BCUT2D eigenvalue weighted by molar-refractivity contribution is 0.0180. The number of benzene rings is 4. The van der Waals surface area contributed by atoms with Gasteiger partial charge >= 0.3 is 5.97 Å². The van der Waals surface area contributed by atoms with Gasteiger partial charge in [-0.05, 0) is 47.7 Å². The van der Waals surface area contributed by atoms with Crippen molar-refractivity contribution in [1.82, 2.24) is 0 Å². The summed E-state index contributed by atoms with van der Waals surface area (Å²) in [5.41, 5.74) is 7.78. The monoisotopic (exact) mass is 390 g/mol. The third-order valence-corrected chi connectivity index (χ3v) is 6.00. The molecule has 2 nitrogen and oxygen atoms in total. The summed E-state index contributed by atoms with van der Waals surface area (Å²) in [6.07, 6.45) is 0. The maximum Gasteiger partial charge on any atom is 0.339 e. The summed E-state index contributed by atoms with van der Waals surface area (Å²) in [7, 11) is 0. The second kappa shape index (κ2) is 7.00. The Morgan fingerprint density at radius 2 is 1.10 bits per heavy atom. The molecular formula is C28H22O2. The second-order valence-electron chi connectivity index (χ2n) is 7.99. The Morgan fingerprint density at radius 3 is 1.67 bits per heavy atom. The van der Waals surface area contributed by atoms with E-state index >= 15 is 0 Å². The number of ether oxygens (including phenoxy) is 1. The number of hydrogen-bond donors (Lipinski definition) is 0. The van der Waals surface area contributed by atoms with Crippen LogP contribution in [0.2, 0.25) is 0 Å². The molecule has 4 aromatic carbocycles. The first-order valence-corrected chi connectivity index (χ1v) is 10.2. The number of fused-ring (bicyclic) bond motifs is 1. The highest BCUT2D eigenvalue weighted by Gasteiger charge is 2.42. The summed E-state index contributed by atoms with van der Waals surface area (Å²) >= 11 is 0. The van der Waals surface area contributed by atoms with Gasteiger partial charge in [0.25, 0.3) is 0 Å². The van der Waals surface area contributed by atoms with Gasteiger partial charge in [-0.3, -0.25) is 0 Å². The van der Waals surface area contributed by atoms with E-state index in [0.29, 0.717) is 5.56 Å². The van der Waals surface area contributed by atoms with E-state index in [4.69, 9.17) is 4.74 Å². The Labute approximate surface area is 176 Å². The molecule has 0 fully saturated rings. The topological polar surface area (TPSA) is 26.3 Å². The largest absolute Gasteiger partial charge is 0.446 e. The fourth-order valence-corrected chi connectivity index (χ4v) is 4.17. The summed E-state index contributed by atoms with van der Waals surface area (Å²) in [6.45, 7) is 4.06. The highest BCUT2D eigenvalue weighted by atomic mass is 16.6. The molecule has 1 atom stereocenters. The molecule has 4 aromatic rings. The third-order valence-electron chi connectivity index (χ3n) is 6.00. The molecule has 0 aliphatic carbocycles. The first-order valence-electron chi connectivity index (χ1n) is 10.2.